The van der Waals surface area contributed by atoms with E-state index in [4.69, 9.17) is 4.74 Å². The zero-order valence-electron chi connectivity index (χ0n) is 12.2. The van der Waals surface area contributed by atoms with E-state index in [2.05, 4.69) is 46.2 Å². The van der Waals surface area contributed by atoms with E-state index < -0.39 is 0 Å². The van der Waals surface area contributed by atoms with Crippen LogP contribution in [0.2, 0.25) is 0 Å². The van der Waals surface area contributed by atoms with E-state index in [9.17, 15) is 0 Å². The maximum atomic E-state index is 5.97. The van der Waals surface area contributed by atoms with Crippen molar-refractivity contribution >= 4 is 11.8 Å². The molecule has 0 heterocycles. The standard InChI is InChI=1S/C14H29NOS/c1-10(2)9-16-13-7-12(14(13,4)5)15-8-11(3)17-6/h10-13,15H,7-9H2,1-6H3. The van der Waals surface area contributed by atoms with Crippen molar-refractivity contribution in [1.29, 1.82) is 0 Å². The second-order valence-electron chi connectivity index (χ2n) is 6.28. The molecule has 102 valence electrons. The molecule has 0 amide bonds. The highest BCUT2D eigenvalue weighted by Gasteiger charge is 2.48. The molecule has 0 aromatic carbocycles. The summed E-state index contributed by atoms with van der Waals surface area (Å²) >= 11 is 1.92. The van der Waals surface area contributed by atoms with Crippen LogP contribution in [-0.2, 0) is 4.74 Å². The van der Waals surface area contributed by atoms with Gasteiger partial charge in [-0.15, -0.1) is 0 Å². The fourth-order valence-electron chi connectivity index (χ4n) is 2.21. The third-order valence-electron chi connectivity index (χ3n) is 3.86. The Morgan fingerprint density at radius 1 is 1.35 bits per heavy atom. The molecule has 1 N–H and O–H groups in total. The molecular formula is C14H29NOS. The first kappa shape index (κ1) is 15.3. The molecule has 0 aliphatic heterocycles. The SMILES string of the molecule is CSC(C)CNC1CC(OCC(C)C)C1(C)C. The minimum atomic E-state index is 0.285. The van der Waals surface area contributed by atoms with E-state index >= 15 is 0 Å². The van der Waals surface area contributed by atoms with E-state index in [0.717, 1.165) is 13.2 Å². The number of ether oxygens (including phenoxy) is 1. The van der Waals surface area contributed by atoms with Gasteiger partial charge in [-0.2, -0.15) is 11.8 Å². The van der Waals surface area contributed by atoms with Gasteiger partial charge in [0.15, 0.2) is 0 Å². The van der Waals surface area contributed by atoms with Gasteiger partial charge >= 0.3 is 0 Å². The Labute approximate surface area is 111 Å². The summed E-state index contributed by atoms with van der Waals surface area (Å²) in [5.41, 5.74) is 0.285. The summed E-state index contributed by atoms with van der Waals surface area (Å²) in [6, 6.07) is 0.620. The van der Waals surface area contributed by atoms with Crippen molar-refractivity contribution in [2.45, 2.75) is 58.4 Å². The number of rotatable bonds is 7. The number of hydrogen-bond donors (Lipinski definition) is 1. The summed E-state index contributed by atoms with van der Waals surface area (Å²) in [7, 11) is 0. The molecule has 0 bridgehead atoms. The summed E-state index contributed by atoms with van der Waals surface area (Å²) in [4.78, 5) is 0. The van der Waals surface area contributed by atoms with Gasteiger partial charge in [0.25, 0.3) is 0 Å². The maximum Gasteiger partial charge on any atom is 0.0656 e. The summed E-state index contributed by atoms with van der Waals surface area (Å²) in [6.45, 7) is 13.3. The van der Waals surface area contributed by atoms with Crippen molar-refractivity contribution in [1.82, 2.24) is 5.32 Å². The van der Waals surface area contributed by atoms with Crippen LogP contribution in [0.15, 0.2) is 0 Å². The zero-order valence-corrected chi connectivity index (χ0v) is 13.1. The molecule has 0 saturated heterocycles. The van der Waals surface area contributed by atoms with Crippen molar-refractivity contribution in [2.75, 3.05) is 19.4 Å². The first-order valence-corrected chi connectivity index (χ1v) is 8.04. The highest BCUT2D eigenvalue weighted by atomic mass is 32.2. The van der Waals surface area contributed by atoms with Crippen LogP contribution in [0.5, 0.6) is 0 Å². The number of thioether (sulfide) groups is 1. The van der Waals surface area contributed by atoms with Crippen molar-refractivity contribution in [3.63, 3.8) is 0 Å². The van der Waals surface area contributed by atoms with E-state index in [1.54, 1.807) is 0 Å². The lowest BCUT2D eigenvalue weighted by Crippen LogP contribution is -2.61. The van der Waals surface area contributed by atoms with Gasteiger partial charge in [-0.25, -0.2) is 0 Å². The summed E-state index contributed by atoms with van der Waals surface area (Å²) in [5, 5.41) is 4.37. The van der Waals surface area contributed by atoms with Gasteiger partial charge < -0.3 is 10.1 Å². The van der Waals surface area contributed by atoms with Gasteiger partial charge in [-0.05, 0) is 18.6 Å². The van der Waals surface area contributed by atoms with Crippen molar-refractivity contribution in [3.05, 3.63) is 0 Å². The van der Waals surface area contributed by atoms with Crippen LogP contribution in [0, 0.1) is 11.3 Å². The third kappa shape index (κ3) is 4.15. The Morgan fingerprint density at radius 2 is 2.00 bits per heavy atom. The topological polar surface area (TPSA) is 21.3 Å². The van der Waals surface area contributed by atoms with E-state index in [-0.39, 0.29) is 5.41 Å². The molecule has 17 heavy (non-hydrogen) atoms. The highest BCUT2D eigenvalue weighted by molar-refractivity contribution is 7.99. The smallest absolute Gasteiger partial charge is 0.0656 e. The fourth-order valence-corrected chi connectivity index (χ4v) is 2.48. The lowest BCUT2D eigenvalue weighted by atomic mass is 9.64. The van der Waals surface area contributed by atoms with Gasteiger partial charge in [0, 0.05) is 29.9 Å². The van der Waals surface area contributed by atoms with Crippen LogP contribution in [0.25, 0.3) is 0 Å². The third-order valence-corrected chi connectivity index (χ3v) is 4.83. The van der Waals surface area contributed by atoms with Crippen LogP contribution in [0.3, 0.4) is 0 Å². The van der Waals surface area contributed by atoms with Crippen LogP contribution < -0.4 is 5.32 Å². The summed E-state index contributed by atoms with van der Waals surface area (Å²) in [6.07, 6.45) is 3.78. The van der Waals surface area contributed by atoms with Gasteiger partial charge in [-0.3, -0.25) is 0 Å². The maximum absolute atomic E-state index is 5.97. The Morgan fingerprint density at radius 3 is 2.47 bits per heavy atom. The normalized spacial score (nSPS) is 29.1. The number of hydrogen-bond acceptors (Lipinski definition) is 3. The molecule has 2 nitrogen and oxygen atoms in total. The first-order valence-electron chi connectivity index (χ1n) is 6.75. The minimum absolute atomic E-state index is 0.285. The molecule has 0 radical (unpaired) electrons. The van der Waals surface area contributed by atoms with E-state index in [0.29, 0.717) is 23.3 Å². The molecule has 0 aromatic rings. The lowest BCUT2D eigenvalue weighted by Gasteiger charge is -2.52. The van der Waals surface area contributed by atoms with Gasteiger partial charge in [0.05, 0.1) is 6.10 Å². The highest BCUT2D eigenvalue weighted by Crippen LogP contribution is 2.42. The molecule has 3 atom stereocenters. The molecular weight excluding hydrogens is 230 g/mol. The van der Waals surface area contributed by atoms with Gasteiger partial charge in [0.2, 0.25) is 0 Å². The van der Waals surface area contributed by atoms with Crippen molar-refractivity contribution in [3.8, 4) is 0 Å². The number of nitrogens with one attached hydrogen (secondary N) is 1. The second-order valence-corrected chi connectivity index (χ2v) is 7.56. The summed E-state index contributed by atoms with van der Waals surface area (Å²) in [5.74, 6) is 0.634. The average Bonchev–Trinajstić information content (AvgIpc) is 2.26. The Balaban J connectivity index is 2.28. The fraction of sp³-hybridized carbons (Fsp3) is 1.00. The van der Waals surface area contributed by atoms with Crippen LogP contribution in [0.1, 0.15) is 41.0 Å². The predicted octanol–water partition coefficient (Wildman–Crippen LogP) is 3.17. The molecule has 3 unspecified atom stereocenters. The molecule has 1 saturated carbocycles. The Bertz CT molecular complexity index is 230. The molecule has 1 aliphatic carbocycles. The second kappa shape index (κ2) is 6.44. The van der Waals surface area contributed by atoms with Crippen LogP contribution in [0.4, 0.5) is 0 Å². The van der Waals surface area contributed by atoms with Crippen molar-refractivity contribution < 1.29 is 4.74 Å². The van der Waals surface area contributed by atoms with Crippen LogP contribution >= 0.6 is 11.8 Å². The van der Waals surface area contributed by atoms with E-state index in [1.165, 1.54) is 6.42 Å². The monoisotopic (exact) mass is 259 g/mol. The Kier molecular flexibility index (Phi) is 5.81. The molecule has 0 aromatic heterocycles. The largest absolute Gasteiger partial charge is 0.377 e. The van der Waals surface area contributed by atoms with Gasteiger partial charge in [0.1, 0.15) is 0 Å². The predicted molar refractivity (Wildman–Crippen MR) is 77.7 cm³/mol. The van der Waals surface area contributed by atoms with Crippen LogP contribution in [-0.4, -0.2) is 36.8 Å². The Hall–Kier alpha value is 0.270. The average molecular weight is 259 g/mol. The van der Waals surface area contributed by atoms with E-state index in [1.807, 2.05) is 11.8 Å². The first-order chi connectivity index (χ1) is 7.87. The molecule has 0 spiro atoms. The minimum Gasteiger partial charge on any atom is -0.377 e. The van der Waals surface area contributed by atoms with Gasteiger partial charge in [-0.1, -0.05) is 34.6 Å². The molecule has 1 aliphatic rings. The molecule has 1 rings (SSSR count). The zero-order chi connectivity index (χ0) is 13.1. The summed E-state index contributed by atoms with van der Waals surface area (Å²) < 4.78 is 5.97. The quantitative estimate of drug-likeness (QED) is 0.759. The molecule has 3 heteroatoms. The lowest BCUT2D eigenvalue weighted by molar-refractivity contribution is -0.123. The van der Waals surface area contributed by atoms with Crippen molar-refractivity contribution in [2.24, 2.45) is 11.3 Å². The molecule has 1 fully saturated rings.